The largest absolute Gasteiger partial charge is 0.497 e. The second kappa shape index (κ2) is 7.87. The molecule has 0 aliphatic carbocycles. The molecule has 0 radical (unpaired) electrons. The first kappa shape index (κ1) is 18.4. The van der Waals surface area contributed by atoms with Crippen LogP contribution >= 0.6 is 0 Å². The fourth-order valence-corrected chi connectivity index (χ4v) is 3.56. The molecule has 138 valence electrons. The predicted molar refractivity (Wildman–Crippen MR) is 97.6 cm³/mol. The van der Waals surface area contributed by atoms with Crippen LogP contribution in [-0.2, 0) is 21.5 Å². The summed E-state index contributed by atoms with van der Waals surface area (Å²) in [5.41, 5.74) is 1.29. The number of likely N-dealkylation sites (N-methyl/N-ethyl adjacent to an activating group) is 1. The van der Waals surface area contributed by atoms with Crippen LogP contribution in [0.5, 0.6) is 5.75 Å². The molecule has 0 unspecified atom stereocenters. The van der Waals surface area contributed by atoms with Gasteiger partial charge in [0.1, 0.15) is 11.6 Å². The minimum absolute atomic E-state index is 0.0651. The smallest absolute Gasteiger partial charge is 0.233 e. The molecule has 1 heterocycles. The SMILES string of the molecule is COc1ccc(C2(C(=O)N(C)Cc3ccc(F)cc3)CCOCC2)cc1. The Hall–Kier alpha value is -2.40. The third kappa shape index (κ3) is 3.73. The highest BCUT2D eigenvalue weighted by atomic mass is 19.1. The van der Waals surface area contributed by atoms with E-state index in [9.17, 15) is 9.18 Å². The first-order valence-electron chi connectivity index (χ1n) is 8.77. The molecule has 0 atom stereocenters. The summed E-state index contributed by atoms with van der Waals surface area (Å²) in [5.74, 6) is 0.556. The van der Waals surface area contributed by atoms with Gasteiger partial charge in [-0.15, -0.1) is 0 Å². The van der Waals surface area contributed by atoms with Crippen LogP contribution in [-0.4, -0.2) is 38.2 Å². The molecule has 0 saturated carbocycles. The first-order chi connectivity index (χ1) is 12.5. The fourth-order valence-electron chi connectivity index (χ4n) is 3.56. The zero-order valence-electron chi connectivity index (χ0n) is 15.2. The summed E-state index contributed by atoms with van der Waals surface area (Å²) < 4.78 is 23.9. The van der Waals surface area contributed by atoms with E-state index >= 15 is 0 Å². The number of methoxy groups -OCH3 is 1. The number of halogens is 1. The molecule has 5 heteroatoms. The summed E-state index contributed by atoms with van der Waals surface area (Å²) >= 11 is 0. The molecule has 0 aromatic heterocycles. The summed E-state index contributed by atoms with van der Waals surface area (Å²) in [6.07, 6.45) is 1.29. The zero-order valence-corrected chi connectivity index (χ0v) is 15.2. The molecule has 2 aromatic rings. The first-order valence-corrected chi connectivity index (χ1v) is 8.77. The lowest BCUT2D eigenvalue weighted by atomic mass is 9.73. The number of hydrogen-bond donors (Lipinski definition) is 0. The number of ether oxygens (including phenoxy) is 2. The normalized spacial score (nSPS) is 16.1. The third-order valence-corrected chi connectivity index (χ3v) is 5.08. The highest BCUT2D eigenvalue weighted by Crippen LogP contribution is 2.37. The van der Waals surface area contributed by atoms with Crippen molar-refractivity contribution in [2.75, 3.05) is 27.4 Å². The van der Waals surface area contributed by atoms with Crippen molar-refractivity contribution in [2.24, 2.45) is 0 Å². The molecule has 4 nitrogen and oxygen atoms in total. The van der Waals surface area contributed by atoms with Gasteiger partial charge < -0.3 is 14.4 Å². The molecule has 1 saturated heterocycles. The van der Waals surface area contributed by atoms with Crippen LogP contribution in [0.2, 0.25) is 0 Å². The van der Waals surface area contributed by atoms with E-state index in [1.807, 2.05) is 24.3 Å². The van der Waals surface area contributed by atoms with Crippen molar-refractivity contribution in [3.05, 3.63) is 65.5 Å². The van der Waals surface area contributed by atoms with Crippen molar-refractivity contribution in [3.63, 3.8) is 0 Å². The third-order valence-electron chi connectivity index (χ3n) is 5.08. The van der Waals surface area contributed by atoms with E-state index in [1.54, 1.807) is 31.2 Å². The molecule has 1 fully saturated rings. The van der Waals surface area contributed by atoms with Crippen LogP contribution in [0.3, 0.4) is 0 Å². The van der Waals surface area contributed by atoms with Crippen LogP contribution in [0.4, 0.5) is 4.39 Å². The van der Waals surface area contributed by atoms with E-state index in [4.69, 9.17) is 9.47 Å². The van der Waals surface area contributed by atoms with Gasteiger partial charge in [0.15, 0.2) is 0 Å². The summed E-state index contributed by atoms with van der Waals surface area (Å²) in [6, 6.07) is 14.0. The predicted octanol–water partition coefficient (Wildman–Crippen LogP) is 3.54. The Bertz CT molecular complexity index is 737. The number of rotatable bonds is 5. The summed E-state index contributed by atoms with van der Waals surface area (Å²) in [5, 5.41) is 0. The van der Waals surface area contributed by atoms with E-state index in [2.05, 4.69) is 0 Å². The minimum Gasteiger partial charge on any atom is -0.497 e. The standard InChI is InChI=1S/C21H24FNO3/c1-23(15-16-3-7-18(22)8-4-16)20(24)21(11-13-26-14-12-21)17-5-9-19(25-2)10-6-17/h3-10H,11-15H2,1-2H3. The lowest BCUT2D eigenvalue weighted by molar-refractivity contribution is -0.140. The lowest BCUT2D eigenvalue weighted by Gasteiger charge is -2.39. The van der Waals surface area contributed by atoms with Crippen LogP contribution in [0.25, 0.3) is 0 Å². The van der Waals surface area contributed by atoms with Crippen LogP contribution < -0.4 is 4.74 Å². The minimum atomic E-state index is -0.598. The topological polar surface area (TPSA) is 38.8 Å². The Morgan fingerprint density at radius 3 is 2.31 bits per heavy atom. The number of carbonyl (C=O) groups excluding carboxylic acids is 1. The van der Waals surface area contributed by atoms with Crippen molar-refractivity contribution < 1.29 is 18.7 Å². The van der Waals surface area contributed by atoms with E-state index in [-0.39, 0.29) is 11.7 Å². The maximum atomic E-state index is 13.4. The number of carbonyl (C=O) groups is 1. The summed E-state index contributed by atoms with van der Waals surface area (Å²) in [7, 11) is 3.42. The van der Waals surface area contributed by atoms with Crippen LogP contribution in [0.1, 0.15) is 24.0 Å². The van der Waals surface area contributed by atoms with Crippen LogP contribution in [0, 0.1) is 5.82 Å². The maximum Gasteiger partial charge on any atom is 0.233 e. The molecule has 3 rings (SSSR count). The van der Waals surface area contributed by atoms with Crippen molar-refractivity contribution >= 4 is 5.91 Å². The van der Waals surface area contributed by atoms with E-state index < -0.39 is 5.41 Å². The Kier molecular flexibility index (Phi) is 5.57. The molecule has 26 heavy (non-hydrogen) atoms. The Labute approximate surface area is 153 Å². The summed E-state index contributed by atoms with van der Waals surface area (Å²) in [4.78, 5) is 15.1. The maximum absolute atomic E-state index is 13.4. The van der Waals surface area contributed by atoms with Crippen LogP contribution in [0.15, 0.2) is 48.5 Å². The molecule has 2 aromatic carbocycles. The number of hydrogen-bond acceptors (Lipinski definition) is 3. The van der Waals surface area contributed by atoms with E-state index in [1.165, 1.54) is 12.1 Å². The molecule has 1 aliphatic heterocycles. The van der Waals surface area contributed by atoms with E-state index in [0.29, 0.717) is 32.6 Å². The van der Waals surface area contributed by atoms with Gasteiger partial charge in [0, 0.05) is 26.8 Å². The van der Waals surface area contributed by atoms with Gasteiger partial charge in [-0.2, -0.15) is 0 Å². The van der Waals surface area contributed by atoms with Gasteiger partial charge >= 0.3 is 0 Å². The van der Waals surface area contributed by atoms with Gasteiger partial charge in [0.05, 0.1) is 12.5 Å². The zero-order chi connectivity index (χ0) is 18.6. The monoisotopic (exact) mass is 357 g/mol. The Morgan fingerprint density at radius 1 is 1.12 bits per heavy atom. The van der Waals surface area contributed by atoms with E-state index in [0.717, 1.165) is 16.9 Å². The molecule has 0 spiro atoms. The molecule has 1 amide bonds. The van der Waals surface area contributed by atoms with Gasteiger partial charge in [-0.1, -0.05) is 24.3 Å². The molecular formula is C21H24FNO3. The summed E-state index contributed by atoms with van der Waals surface area (Å²) in [6.45, 7) is 1.56. The van der Waals surface area contributed by atoms with Crippen molar-refractivity contribution in [1.29, 1.82) is 0 Å². The number of amides is 1. The van der Waals surface area contributed by atoms with Gasteiger partial charge in [-0.25, -0.2) is 4.39 Å². The second-order valence-electron chi connectivity index (χ2n) is 6.71. The quantitative estimate of drug-likeness (QED) is 0.822. The van der Waals surface area contributed by atoms with Gasteiger partial charge in [0.25, 0.3) is 0 Å². The molecule has 0 bridgehead atoms. The van der Waals surface area contributed by atoms with Crippen molar-refractivity contribution in [3.8, 4) is 5.75 Å². The highest BCUT2D eigenvalue weighted by molar-refractivity contribution is 5.88. The lowest BCUT2D eigenvalue weighted by Crippen LogP contribution is -2.48. The Balaban J connectivity index is 1.85. The number of benzene rings is 2. The molecule has 1 aliphatic rings. The van der Waals surface area contributed by atoms with Gasteiger partial charge in [0.2, 0.25) is 5.91 Å². The average molecular weight is 357 g/mol. The Morgan fingerprint density at radius 2 is 1.73 bits per heavy atom. The highest BCUT2D eigenvalue weighted by Gasteiger charge is 2.43. The van der Waals surface area contributed by atoms with Gasteiger partial charge in [-0.3, -0.25) is 4.79 Å². The molecular weight excluding hydrogens is 333 g/mol. The second-order valence-corrected chi connectivity index (χ2v) is 6.71. The molecule has 0 N–H and O–H groups in total. The fraction of sp³-hybridized carbons (Fsp3) is 0.381. The van der Waals surface area contributed by atoms with Crippen molar-refractivity contribution in [2.45, 2.75) is 24.8 Å². The average Bonchev–Trinajstić information content (AvgIpc) is 2.69. The van der Waals surface area contributed by atoms with Gasteiger partial charge in [-0.05, 0) is 48.2 Å². The number of nitrogens with zero attached hydrogens (tertiary/aromatic N) is 1. The van der Waals surface area contributed by atoms with Crippen molar-refractivity contribution in [1.82, 2.24) is 4.90 Å².